The Balaban J connectivity index is 2.77. The maximum atomic E-state index is 12.3. The van der Waals surface area contributed by atoms with Crippen molar-refractivity contribution in [2.45, 2.75) is 39.0 Å². The topological polar surface area (TPSA) is 15.3 Å². The van der Waals surface area contributed by atoms with Crippen molar-refractivity contribution in [2.24, 2.45) is 0 Å². The molecule has 0 aliphatic heterocycles. The highest BCUT2D eigenvalue weighted by Gasteiger charge is 2.29. The molecule has 0 aliphatic carbocycles. The first-order chi connectivity index (χ1) is 8.98. The lowest BCUT2D eigenvalue weighted by molar-refractivity contribution is -0.119. The average Bonchev–Trinajstić information content (AvgIpc) is 2.23. The van der Waals surface area contributed by atoms with E-state index in [-0.39, 0.29) is 5.54 Å². The first-order valence-electron chi connectivity index (χ1n) is 6.29. The third kappa shape index (κ3) is 6.01. The zero-order valence-electron chi connectivity index (χ0n) is 12.1. The molecule has 6 heteroatoms. The van der Waals surface area contributed by atoms with Gasteiger partial charge in [0.15, 0.2) is 0 Å². The Morgan fingerprint density at radius 3 is 2.25 bits per heavy atom. The molecule has 0 saturated heterocycles. The first-order valence-corrected chi connectivity index (χ1v) is 6.67. The van der Waals surface area contributed by atoms with Gasteiger partial charge in [-0.3, -0.25) is 0 Å². The smallest absolute Gasteiger partial charge is 0.366 e. The maximum Gasteiger partial charge on any atom is 0.405 e. The zero-order chi connectivity index (χ0) is 15.6. The van der Waals surface area contributed by atoms with Gasteiger partial charge in [0.1, 0.15) is 6.54 Å². The molecular weight excluding hydrogens is 289 g/mol. The van der Waals surface area contributed by atoms with E-state index in [1.807, 2.05) is 20.8 Å². The van der Waals surface area contributed by atoms with Crippen molar-refractivity contribution in [3.63, 3.8) is 0 Å². The molecule has 0 atom stereocenters. The molecule has 0 bridgehead atoms. The second kappa shape index (κ2) is 6.22. The van der Waals surface area contributed by atoms with Crippen molar-refractivity contribution in [1.29, 1.82) is 0 Å². The van der Waals surface area contributed by atoms with Gasteiger partial charge in [-0.1, -0.05) is 17.7 Å². The molecule has 0 fully saturated rings. The van der Waals surface area contributed by atoms with Gasteiger partial charge in [0, 0.05) is 29.8 Å². The summed E-state index contributed by atoms with van der Waals surface area (Å²) in [6.45, 7) is 5.68. The van der Waals surface area contributed by atoms with Gasteiger partial charge >= 0.3 is 6.18 Å². The molecule has 0 radical (unpaired) electrons. The van der Waals surface area contributed by atoms with E-state index >= 15 is 0 Å². The number of benzene rings is 1. The summed E-state index contributed by atoms with van der Waals surface area (Å²) in [7, 11) is 1.40. The molecule has 0 spiro atoms. The highest BCUT2D eigenvalue weighted by Crippen LogP contribution is 2.26. The quantitative estimate of drug-likeness (QED) is 0.895. The van der Waals surface area contributed by atoms with Gasteiger partial charge < -0.3 is 10.2 Å². The second-order valence-electron chi connectivity index (χ2n) is 5.85. The van der Waals surface area contributed by atoms with Gasteiger partial charge in [-0.25, -0.2) is 0 Å². The van der Waals surface area contributed by atoms with Crippen molar-refractivity contribution < 1.29 is 13.2 Å². The Kier molecular flexibility index (Phi) is 5.33. The van der Waals surface area contributed by atoms with Gasteiger partial charge in [0.25, 0.3) is 0 Å². The van der Waals surface area contributed by atoms with E-state index in [0.29, 0.717) is 17.3 Å². The lowest BCUT2D eigenvalue weighted by Crippen LogP contribution is -2.35. The zero-order valence-corrected chi connectivity index (χ0v) is 12.9. The van der Waals surface area contributed by atoms with Gasteiger partial charge in [-0.2, -0.15) is 13.2 Å². The largest absolute Gasteiger partial charge is 0.405 e. The van der Waals surface area contributed by atoms with Crippen molar-refractivity contribution in [3.05, 3.63) is 28.8 Å². The van der Waals surface area contributed by atoms with Crippen LogP contribution in [0, 0.1) is 0 Å². The summed E-state index contributed by atoms with van der Waals surface area (Å²) < 4.78 is 37.0. The molecule has 0 aromatic heterocycles. The number of halogens is 4. The van der Waals surface area contributed by atoms with Crippen LogP contribution in [0.5, 0.6) is 0 Å². The minimum Gasteiger partial charge on any atom is -0.366 e. The lowest BCUT2D eigenvalue weighted by Gasteiger charge is -2.23. The molecule has 1 aromatic carbocycles. The van der Waals surface area contributed by atoms with Crippen LogP contribution in [-0.4, -0.2) is 25.3 Å². The number of nitrogens with zero attached hydrogens (tertiary/aromatic N) is 1. The number of hydrogen-bond donors (Lipinski definition) is 1. The highest BCUT2D eigenvalue weighted by molar-refractivity contribution is 6.31. The molecule has 114 valence electrons. The standard InChI is InChI=1S/C14H20ClF3N2/c1-13(2,3)19-8-10-5-6-11(7-12(10)15)20(4)9-14(16,17)18/h5-7,19H,8-9H2,1-4H3. The van der Waals surface area contributed by atoms with Crippen LogP contribution in [0.4, 0.5) is 18.9 Å². The van der Waals surface area contributed by atoms with E-state index in [4.69, 9.17) is 11.6 Å². The summed E-state index contributed by atoms with van der Waals surface area (Å²) in [5, 5.41) is 3.75. The van der Waals surface area contributed by atoms with Crippen molar-refractivity contribution in [3.8, 4) is 0 Å². The van der Waals surface area contributed by atoms with Crippen molar-refractivity contribution in [1.82, 2.24) is 5.32 Å². The molecule has 1 aromatic rings. The molecule has 1 rings (SSSR count). The Labute approximate surface area is 122 Å². The summed E-state index contributed by atoms with van der Waals surface area (Å²) in [5.74, 6) is 0. The van der Waals surface area contributed by atoms with E-state index in [9.17, 15) is 13.2 Å². The number of rotatable bonds is 4. The highest BCUT2D eigenvalue weighted by atomic mass is 35.5. The SMILES string of the molecule is CN(CC(F)(F)F)c1ccc(CNC(C)(C)C)c(Cl)c1. The minimum atomic E-state index is -4.23. The van der Waals surface area contributed by atoms with Crippen LogP contribution >= 0.6 is 11.6 Å². The van der Waals surface area contributed by atoms with Crippen LogP contribution < -0.4 is 10.2 Å². The fourth-order valence-corrected chi connectivity index (χ4v) is 1.88. The third-order valence-electron chi connectivity index (χ3n) is 2.70. The fourth-order valence-electron chi connectivity index (χ4n) is 1.64. The number of nitrogens with one attached hydrogen (secondary N) is 1. The van der Waals surface area contributed by atoms with E-state index in [1.165, 1.54) is 7.05 Å². The third-order valence-corrected chi connectivity index (χ3v) is 3.05. The van der Waals surface area contributed by atoms with E-state index in [1.54, 1.807) is 18.2 Å². The van der Waals surface area contributed by atoms with Crippen molar-refractivity contribution in [2.75, 3.05) is 18.5 Å². The molecular formula is C14H20ClF3N2. The Hall–Kier alpha value is -0.940. The summed E-state index contributed by atoms with van der Waals surface area (Å²) >= 11 is 6.13. The molecule has 2 nitrogen and oxygen atoms in total. The molecule has 0 amide bonds. The maximum absolute atomic E-state index is 12.3. The monoisotopic (exact) mass is 308 g/mol. The van der Waals surface area contributed by atoms with E-state index in [2.05, 4.69) is 5.32 Å². The molecule has 0 saturated carbocycles. The summed E-state index contributed by atoms with van der Waals surface area (Å²) in [6.07, 6.45) is -4.23. The fraction of sp³-hybridized carbons (Fsp3) is 0.571. The van der Waals surface area contributed by atoms with Crippen LogP contribution in [0.15, 0.2) is 18.2 Å². The van der Waals surface area contributed by atoms with Gasteiger partial charge in [-0.15, -0.1) is 0 Å². The Morgan fingerprint density at radius 2 is 1.80 bits per heavy atom. The molecule has 0 unspecified atom stereocenters. The second-order valence-corrected chi connectivity index (χ2v) is 6.26. The van der Waals surface area contributed by atoms with Crippen LogP contribution in [0.1, 0.15) is 26.3 Å². The van der Waals surface area contributed by atoms with Crippen LogP contribution in [0.3, 0.4) is 0 Å². The predicted molar refractivity (Wildman–Crippen MR) is 77.4 cm³/mol. The van der Waals surface area contributed by atoms with E-state index < -0.39 is 12.7 Å². The Morgan fingerprint density at radius 1 is 1.20 bits per heavy atom. The molecule has 20 heavy (non-hydrogen) atoms. The predicted octanol–water partition coefficient (Wildman–Crippen LogP) is 4.23. The summed E-state index contributed by atoms with van der Waals surface area (Å²) in [6, 6.07) is 4.97. The van der Waals surface area contributed by atoms with Gasteiger partial charge in [-0.05, 0) is 38.5 Å². The summed E-state index contributed by atoms with van der Waals surface area (Å²) in [5.41, 5.74) is 1.27. The number of anilines is 1. The van der Waals surface area contributed by atoms with Crippen LogP contribution in [-0.2, 0) is 6.54 Å². The minimum absolute atomic E-state index is 0.0466. The van der Waals surface area contributed by atoms with Gasteiger partial charge in [0.05, 0.1) is 0 Å². The Bertz CT molecular complexity index is 453. The molecule has 0 heterocycles. The van der Waals surface area contributed by atoms with E-state index in [0.717, 1.165) is 10.5 Å². The number of hydrogen-bond acceptors (Lipinski definition) is 2. The summed E-state index contributed by atoms with van der Waals surface area (Å²) in [4.78, 5) is 1.13. The molecule has 0 aliphatic rings. The normalized spacial score (nSPS) is 12.6. The first kappa shape index (κ1) is 17.1. The molecule has 1 N–H and O–H groups in total. The van der Waals surface area contributed by atoms with Crippen LogP contribution in [0.25, 0.3) is 0 Å². The number of alkyl halides is 3. The van der Waals surface area contributed by atoms with Gasteiger partial charge in [0.2, 0.25) is 0 Å². The lowest BCUT2D eigenvalue weighted by atomic mass is 10.1. The van der Waals surface area contributed by atoms with Crippen molar-refractivity contribution >= 4 is 17.3 Å². The average molecular weight is 309 g/mol. The van der Waals surface area contributed by atoms with Crippen LogP contribution in [0.2, 0.25) is 5.02 Å².